The number of aromatic nitrogens is 5. The van der Waals surface area contributed by atoms with Crippen molar-refractivity contribution >= 4 is 5.95 Å². The Morgan fingerprint density at radius 2 is 2.03 bits per heavy atom. The largest absolute Gasteiger partial charge is 0.432 e. The molecule has 0 amide bonds. The minimum atomic E-state index is -3.11. The van der Waals surface area contributed by atoms with Crippen molar-refractivity contribution in [3.05, 3.63) is 47.8 Å². The van der Waals surface area contributed by atoms with Gasteiger partial charge < -0.3 is 14.6 Å². The number of anilines is 1. The van der Waals surface area contributed by atoms with Gasteiger partial charge in [0.15, 0.2) is 11.6 Å². The first-order valence-electron chi connectivity index (χ1n) is 9.80. The Labute approximate surface area is 172 Å². The van der Waals surface area contributed by atoms with Gasteiger partial charge in [0.1, 0.15) is 5.69 Å². The second kappa shape index (κ2) is 9.64. The second-order valence-corrected chi connectivity index (χ2v) is 7.14. The molecule has 0 aliphatic heterocycles. The first kappa shape index (κ1) is 21.7. The summed E-state index contributed by atoms with van der Waals surface area (Å²) in [4.78, 5) is 4.66. The van der Waals surface area contributed by atoms with Gasteiger partial charge in [-0.05, 0) is 24.5 Å². The number of nitrogens with zero attached hydrogens (tertiary/aromatic N) is 5. The number of alkyl halides is 2. The third-order valence-corrected chi connectivity index (χ3v) is 4.75. The summed E-state index contributed by atoms with van der Waals surface area (Å²) in [5.41, 5.74) is 2.00. The van der Waals surface area contributed by atoms with Crippen LogP contribution in [0.4, 0.5) is 19.1 Å². The zero-order valence-electron chi connectivity index (χ0n) is 17.1. The molecule has 0 spiro atoms. The van der Waals surface area contributed by atoms with E-state index in [9.17, 15) is 13.2 Å². The van der Waals surface area contributed by atoms with Gasteiger partial charge in [0, 0.05) is 19.3 Å². The number of rotatable bonds is 10. The third-order valence-electron chi connectivity index (χ3n) is 4.75. The van der Waals surface area contributed by atoms with E-state index < -0.39 is 18.2 Å². The van der Waals surface area contributed by atoms with Gasteiger partial charge in [-0.25, -0.2) is 14.1 Å². The minimum absolute atomic E-state index is 0.356. The van der Waals surface area contributed by atoms with Crippen molar-refractivity contribution in [1.82, 2.24) is 24.5 Å². The molecule has 0 radical (unpaired) electrons. The van der Waals surface area contributed by atoms with Crippen LogP contribution < -0.4 is 10.1 Å². The molecule has 1 atom stereocenters. The maximum atomic E-state index is 13.6. The Balaban J connectivity index is 1.66. The molecule has 0 fully saturated rings. The van der Waals surface area contributed by atoms with Crippen molar-refractivity contribution in [2.24, 2.45) is 7.05 Å². The van der Waals surface area contributed by atoms with Crippen LogP contribution >= 0.6 is 0 Å². The Kier molecular flexibility index (Phi) is 6.96. The summed E-state index contributed by atoms with van der Waals surface area (Å²) in [6, 6.07) is 3.60. The molecule has 10 heteroatoms. The highest BCUT2D eigenvalue weighted by atomic mass is 19.3. The quantitative estimate of drug-likeness (QED) is 0.515. The number of imidazole rings is 1. The van der Waals surface area contributed by atoms with E-state index in [0.29, 0.717) is 23.8 Å². The lowest BCUT2D eigenvalue weighted by Gasteiger charge is -2.07. The number of ether oxygens (including phenoxy) is 1. The lowest BCUT2D eigenvalue weighted by molar-refractivity contribution is -0.0521. The van der Waals surface area contributed by atoms with Crippen LogP contribution in [-0.2, 0) is 13.6 Å². The fourth-order valence-corrected chi connectivity index (χ4v) is 3.05. The van der Waals surface area contributed by atoms with Crippen molar-refractivity contribution < 1.29 is 17.9 Å². The van der Waals surface area contributed by atoms with Crippen LogP contribution in [0, 0.1) is 5.82 Å². The van der Waals surface area contributed by atoms with E-state index in [1.54, 1.807) is 6.20 Å². The van der Waals surface area contributed by atoms with Crippen LogP contribution in [0.5, 0.6) is 5.75 Å². The summed E-state index contributed by atoms with van der Waals surface area (Å²) in [6.45, 7) is 1.60. The van der Waals surface area contributed by atoms with Crippen LogP contribution in [0.2, 0.25) is 0 Å². The highest BCUT2D eigenvalue weighted by molar-refractivity contribution is 5.40. The number of hydrogen-bond donors (Lipinski definition) is 1. The lowest BCUT2D eigenvalue weighted by Crippen LogP contribution is -2.05. The van der Waals surface area contributed by atoms with Gasteiger partial charge >= 0.3 is 6.61 Å². The van der Waals surface area contributed by atoms with Gasteiger partial charge in [-0.15, -0.1) is 5.10 Å². The number of hydrogen-bond acceptors (Lipinski definition) is 5. The fourth-order valence-electron chi connectivity index (χ4n) is 3.05. The number of benzene rings is 1. The van der Waals surface area contributed by atoms with Crippen LogP contribution in [-0.4, -0.2) is 31.2 Å². The maximum absolute atomic E-state index is 13.6. The van der Waals surface area contributed by atoms with Crippen molar-refractivity contribution in [1.29, 1.82) is 0 Å². The monoisotopic (exact) mass is 422 g/mol. The second-order valence-electron chi connectivity index (χ2n) is 7.14. The average Bonchev–Trinajstić information content (AvgIpc) is 3.32. The van der Waals surface area contributed by atoms with E-state index in [0.717, 1.165) is 43.0 Å². The standard InChI is InChI=1S/C20H25F3N6O/c1-4-5-6-13(2)17-12-28(3)20(25-17)24-10-14-11-29(27-26-14)15-7-8-16(21)18(9-15)30-19(22)23/h7-9,11-13,19H,4-6,10H2,1-3H3,(H,24,25)/t13-/m0/s1. The highest BCUT2D eigenvalue weighted by Gasteiger charge is 2.14. The average molecular weight is 422 g/mol. The fraction of sp³-hybridized carbons (Fsp3) is 0.450. The van der Waals surface area contributed by atoms with E-state index in [4.69, 9.17) is 0 Å². The number of aryl methyl sites for hydroxylation is 1. The smallest absolute Gasteiger partial charge is 0.387 e. The molecule has 162 valence electrons. The molecule has 2 aromatic heterocycles. The van der Waals surface area contributed by atoms with Gasteiger partial charge in [-0.2, -0.15) is 8.78 Å². The normalized spacial score (nSPS) is 12.4. The number of unbranched alkanes of at least 4 members (excludes halogenated alkanes) is 1. The van der Waals surface area contributed by atoms with E-state index >= 15 is 0 Å². The molecule has 0 aliphatic carbocycles. The summed E-state index contributed by atoms with van der Waals surface area (Å²) < 4.78 is 45.9. The molecule has 0 saturated carbocycles. The highest BCUT2D eigenvalue weighted by Crippen LogP contribution is 2.24. The Morgan fingerprint density at radius 1 is 1.23 bits per heavy atom. The zero-order valence-corrected chi connectivity index (χ0v) is 17.1. The topological polar surface area (TPSA) is 69.8 Å². The van der Waals surface area contributed by atoms with E-state index in [1.165, 1.54) is 10.7 Å². The van der Waals surface area contributed by atoms with Gasteiger partial charge in [0.2, 0.25) is 5.95 Å². The summed E-state index contributed by atoms with van der Waals surface area (Å²) in [6.07, 6.45) is 7.05. The van der Waals surface area contributed by atoms with Crippen molar-refractivity contribution in [2.75, 3.05) is 5.32 Å². The minimum Gasteiger partial charge on any atom is -0.432 e. The molecule has 3 aromatic rings. The summed E-state index contributed by atoms with van der Waals surface area (Å²) in [5.74, 6) is -0.316. The first-order chi connectivity index (χ1) is 14.4. The molecule has 7 nitrogen and oxygen atoms in total. The molecule has 0 bridgehead atoms. The van der Waals surface area contributed by atoms with Gasteiger partial charge in [-0.3, -0.25) is 0 Å². The molecular formula is C20H25F3N6O. The van der Waals surface area contributed by atoms with Crippen LogP contribution in [0.25, 0.3) is 5.69 Å². The zero-order chi connectivity index (χ0) is 21.7. The molecule has 3 rings (SSSR count). The first-order valence-corrected chi connectivity index (χ1v) is 9.80. The molecule has 1 N–H and O–H groups in total. The Hall–Kier alpha value is -3.04. The predicted octanol–water partition coefficient (Wildman–Crippen LogP) is 4.65. The molecule has 2 heterocycles. The van der Waals surface area contributed by atoms with Crippen LogP contribution in [0.15, 0.2) is 30.6 Å². The van der Waals surface area contributed by atoms with Crippen molar-refractivity contribution in [3.63, 3.8) is 0 Å². The van der Waals surface area contributed by atoms with E-state index in [1.807, 2.05) is 17.8 Å². The van der Waals surface area contributed by atoms with Gasteiger partial charge in [0.25, 0.3) is 0 Å². The van der Waals surface area contributed by atoms with Crippen LogP contribution in [0.1, 0.15) is 50.4 Å². The molecule has 1 aromatic carbocycles. The number of nitrogens with one attached hydrogen (secondary N) is 1. The van der Waals surface area contributed by atoms with Crippen molar-refractivity contribution in [3.8, 4) is 11.4 Å². The Bertz CT molecular complexity index is 971. The summed E-state index contributed by atoms with van der Waals surface area (Å²) in [7, 11) is 1.92. The summed E-state index contributed by atoms with van der Waals surface area (Å²) in [5, 5.41) is 11.3. The van der Waals surface area contributed by atoms with Gasteiger partial charge in [0.05, 0.1) is 24.1 Å². The third kappa shape index (κ3) is 5.31. The molecule has 0 unspecified atom stereocenters. The molecule has 0 aliphatic rings. The lowest BCUT2D eigenvalue weighted by atomic mass is 10.0. The molecule has 0 saturated heterocycles. The SMILES string of the molecule is CCCC[C@H](C)c1cn(C)c(NCc2cn(-c3ccc(F)c(OC(F)F)c3)nn2)n1. The Morgan fingerprint density at radius 3 is 2.77 bits per heavy atom. The van der Waals surface area contributed by atoms with E-state index in [-0.39, 0.29) is 0 Å². The van der Waals surface area contributed by atoms with Crippen molar-refractivity contribution in [2.45, 2.75) is 52.2 Å². The summed E-state index contributed by atoms with van der Waals surface area (Å²) >= 11 is 0. The molecule has 30 heavy (non-hydrogen) atoms. The predicted molar refractivity (Wildman–Crippen MR) is 106 cm³/mol. The number of halogens is 3. The van der Waals surface area contributed by atoms with Gasteiger partial charge in [-0.1, -0.05) is 31.9 Å². The molecular weight excluding hydrogens is 397 g/mol. The van der Waals surface area contributed by atoms with Crippen LogP contribution in [0.3, 0.4) is 0 Å². The van der Waals surface area contributed by atoms with E-state index in [2.05, 4.69) is 39.2 Å². The maximum Gasteiger partial charge on any atom is 0.387 e.